The highest BCUT2D eigenvalue weighted by Gasteiger charge is 2.27. The van der Waals surface area contributed by atoms with E-state index in [4.69, 9.17) is 4.74 Å². The average Bonchev–Trinajstić information content (AvgIpc) is 3.25. The van der Waals surface area contributed by atoms with Crippen molar-refractivity contribution in [2.75, 3.05) is 19.7 Å². The maximum absolute atomic E-state index is 12.5. The van der Waals surface area contributed by atoms with Crippen LogP contribution in [0.15, 0.2) is 0 Å². The Balaban J connectivity index is 1.75. The van der Waals surface area contributed by atoms with Crippen molar-refractivity contribution in [3.63, 3.8) is 0 Å². The summed E-state index contributed by atoms with van der Waals surface area (Å²) in [6.07, 6.45) is 5.81. The fourth-order valence-electron chi connectivity index (χ4n) is 3.31. The lowest BCUT2D eigenvalue weighted by Gasteiger charge is -2.17. The van der Waals surface area contributed by atoms with Gasteiger partial charge in [-0.15, -0.1) is 0 Å². The van der Waals surface area contributed by atoms with Gasteiger partial charge in [0.25, 0.3) is 11.8 Å². The Kier molecular flexibility index (Phi) is 5.50. The fraction of sp³-hybridized carbons (Fsp3) is 0.706. The summed E-state index contributed by atoms with van der Waals surface area (Å²) >= 11 is 0. The summed E-state index contributed by atoms with van der Waals surface area (Å²) in [5, 5.41) is 5.77. The molecule has 132 valence electrons. The van der Waals surface area contributed by atoms with E-state index >= 15 is 0 Å². The number of aromatic nitrogens is 2. The van der Waals surface area contributed by atoms with Crippen LogP contribution in [0, 0.1) is 0 Å². The molecule has 3 heterocycles. The summed E-state index contributed by atoms with van der Waals surface area (Å²) in [4.78, 5) is 29.3. The molecule has 7 nitrogen and oxygen atoms in total. The Hall–Kier alpha value is -1.89. The number of ether oxygens (including phenoxy) is 1. The van der Waals surface area contributed by atoms with E-state index in [2.05, 4.69) is 15.6 Å². The smallest absolute Gasteiger partial charge is 0.287 e. The lowest BCUT2D eigenvalue weighted by atomic mass is 10.1. The molecular formula is C17H26N4O3. The van der Waals surface area contributed by atoms with Crippen LogP contribution in [0.25, 0.3) is 0 Å². The maximum Gasteiger partial charge on any atom is 0.287 e. The van der Waals surface area contributed by atoms with Crippen molar-refractivity contribution in [3.05, 3.63) is 17.2 Å². The maximum atomic E-state index is 12.5. The van der Waals surface area contributed by atoms with Crippen LogP contribution in [0.5, 0.6) is 0 Å². The molecule has 2 aliphatic heterocycles. The van der Waals surface area contributed by atoms with E-state index in [1.165, 1.54) is 0 Å². The Labute approximate surface area is 142 Å². The topological polar surface area (TPSA) is 85.2 Å². The molecule has 0 radical (unpaired) electrons. The molecular weight excluding hydrogens is 308 g/mol. The number of amides is 2. The molecule has 1 aromatic heterocycles. The third-order valence-electron chi connectivity index (χ3n) is 4.59. The summed E-state index contributed by atoms with van der Waals surface area (Å²) < 4.78 is 7.45. The zero-order valence-electron chi connectivity index (χ0n) is 14.3. The van der Waals surface area contributed by atoms with E-state index in [1.807, 2.05) is 11.5 Å². The number of hydrogen-bond acceptors (Lipinski definition) is 4. The summed E-state index contributed by atoms with van der Waals surface area (Å²) in [5.41, 5.74) is 1.28. The molecule has 2 aliphatic rings. The summed E-state index contributed by atoms with van der Waals surface area (Å²) in [6, 6.07) is 0. The third kappa shape index (κ3) is 3.61. The molecule has 0 aliphatic carbocycles. The normalized spacial score (nSPS) is 19.8. The average molecular weight is 334 g/mol. The second-order valence-electron chi connectivity index (χ2n) is 6.44. The number of fused-ring (bicyclic) bond motifs is 1. The second kappa shape index (κ2) is 7.79. The van der Waals surface area contributed by atoms with Gasteiger partial charge in [0.05, 0.1) is 11.8 Å². The van der Waals surface area contributed by atoms with E-state index < -0.39 is 0 Å². The molecule has 3 rings (SSSR count). The summed E-state index contributed by atoms with van der Waals surface area (Å²) in [7, 11) is 0. The SMILES string of the molecule is CCCNC(=O)c1nc(C(=O)NCC2CCCO2)c2n1CCCC2. The van der Waals surface area contributed by atoms with E-state index in [0.29, 0.717) is 24.6 Å². The quantitative estimate of drug-likeness (QED) is 0.820. The monoisotopic (exact) mass is 334 g/mol. The molecule has 0 aromatic carbocycles. The van der Waals surface area contributed by atoms with Gasteiger partial charge in [-0.25, -0.2) is 4.98 Å². The Morgan fingerprint density at radius 1 is 1.25 bits per heavy atom. The molecule has 0 saturated carbocycles. The van der Waals surface area contributed by atoms with E-state index in [1.54, 1.807) is 0 Å². The van der Waals surface area contributed by atoms with Gasteiger partial charge in [0.1, 0.15) is 5.69 Å². The highest BCUT2D eigenvalue weighted by atomic mass is 16.5. The lowest BCUT2D eigenvalue weighted by Crippen LogP contribution is -2.32. The second-order valence-corrected chi connectivity index (χ2v) is 6.44. The Morgan fingerprint density at radius 2 is 2.12 bits per heavy atom. The first-order chi connectivity index (χ1) is 11.7. The predicted molar refractivity (Wildman–Crippen MR) is 89.1 cm³/mol. The van der Waals surface area contributed by atoms with Crippen molar-refractivity contribution in [1.29, 1.82) is 0 Å². The number of carbonyl (C=O) groups is 2. The van der Waals surface area contributed by atoms with Crippen LogP contribution < -0.4 is 10.6 Å². The molecule has 1 fully saturated rings. The molecule has 1 aromatic rings. The number of rotatable bonds is 6. The summed E-state index contributed by atoms with van der Waals surface area (Å²) in [6.45, 7) is 4.63. The van der Waals surface area contributed by atoms with Gasteiger partial charge >= 0.3 is 0 Å². The van der Waals surface area contributed by atoms with E-state index in [9.17, 15) is 9.59 Å². The van der Waals surface area contributed by atoms with Gasteiger partial charge < -0.3 is 19.9 Å². The standard InChI is InChI=1S/C17H26N4O3/c1-2-8-18-17(23)15-20-14(13-7-3-4-9-21(13)15)16(22)19-11-12-6-5-10-24-12/h12H,2-11H2,1H3,(H,18,23)(H,19,22). The number of hydrogen-bond donors (Lipinski definition) is 2. The molecule has 1 unspecified atom stereocenters. The summed E-state index contributed by atoms with van der Waals surface area (Å²) in [5.74, 6) is -0.0377. The van der Waals surface area contributed by atoms with Crippen molar-refractivity contribution in [1.82, 2.24) is 20.2 Å². The van der Waals surface area contributed by atoms with Crippen LogP contribution in [0.4, 0.5) is 0 Å². The van der Waals surface area contributed by atoms with Crippen molar-refractivity contribution < 1.29 is 14.3 Å². The van der Waals surface area contributed by atoms with Crippen LogP contribution in [-0.4, -0.2) is 47.2 Å². The molecule has 7 heteroatoms. The van der Waals surface area contributed by atoms with Gasteiger partial charge in [-0.1, -0.05) is 6.92 Å². The van der Waals surface area contributed by atoms with E-state index in [0.717, 1.165) is 57.4 Å². The van der Waals surface area contributed by atoms with Crippen molar-refractivity contribution in [3.8, 4) is 0 Å². The first-order valence-electron chi connectivity index (χ1n) is 8.98. The molecule has 0 bridgehead atoms. The van der Waals surface area contributed by atoms with Gasteiger partial charge in [0.15, 0.2) is 5.82 Å². The largest absolute Gasteiger partial charge is 0.376 e. The Bertz CT molecular complexity index is 605. The fourth-order valence-corrected chi connectivity index (χ4v) is 3.31. The first-order valence-corrected chi connectivity index (χ1v) is 8.98. The number of nitrogens with zero attached hydrogens (tertiary/aromatic N) is 2. The van der Waals surface area contributed by atoms with Crippen molar-refractivity contribution >= 4 is 11.8 Å². The third-order valence-corrected chi connectivity index (χ3v) is 4.59. The molecule has 0 spiro atoms. The van der Waals surface area contributed by atoms with Gasteiger partial charge in [-0.05, 0) is 38.5 Å². The highest BCUT2D eigenvalue weighted by Crippen LogP contribution is 2.21. The number of nitrogens with one attached hydrogen (secondary N) is 2. The van der Waals surface area contributed by atoms with Gasteiger partial charge in [-0.3, -0.25) is 9.59 Å². The van der Waals surface area contributed by atoms with Crippen LogP contribution in [0.2, 0.25) is 0 Å². The van der Waals surface area contributed by atoms with Crippen molar-refractivity contribution in [2.45, 2.75) is 58.1 Å². The predicted octanol–water partition coefficient (Wildman–Crippen LogP) is 1.27. The van der Waals surface area contributed by atoms with Crippen LogP contribution in [-0.2, 0) is 17.7 Å². The number of carbonyl (C=O) groups excluding carboxylic acids is 2. The first kappa shape index (κ1) is 17.0. The molecule has 2 N–H and O–H groups in total. The van der Waals surface area contributed by atoms with E-state index in [-0.39, 0.29) is 17.9 Å². The Morgan fingerprint density at radius 3 is 2.88 bits per heavy atom. The lowest BCUT2D eigenvalue weighted by molar-refractivity contribution is 0.0853. The zero-order valence-corrected chi connectivity index (χ0v) is 14.3. The van der Waals surface area contributed by atoms with Crippen molar-refractivity contribution in [2.24, 2.45) is 0 Å². The van der Waals surface area contributed by atoms with Crippen LogP contribution in [0.3, 0.4) is 0 Å². The minimum absolute atomic E-state index is 0.0970. The van der Waals surface area contributed by atoms with Gasteiger partial charge in [0.2, 0.25) is 0 Å². The zero-order chi connectivity index (χ0) is 16.9. The molecule has 2 amide bonds. The molecule has 24 heavy (non-hydrogen) atoms. The van der Waals surface area contributed by atoms with Crippen LogP contribution in [0.1, 0.15) is 65.8 Å². The molecule has 1 saturated heterocycles. The highest BCUT2D eigenvalue weighted by molar-refractivity contribution is 5.97. The van der Waals surface area contributed by atoms with Gasteiger partial charge in [0, 0.05) is 26.2 Å². The minimum Gasteiger partial charge on any atom is -0.376 e. The van der Waals surface area contributed by atoms with Crippen LogP contribution >= 0.6 is 0 Å². The minimum atomic E-state index is -0.203. The molecule has 1 atom stereocenters. The number of imidazole rings is 1. The van der Waals surface area contributed by atoms with Gasteiger partial charge in [-0.2, -0.15) is 0 Å².